The average Bonchev–Trinajstić information content (AvgIpc) is 3.07. The molecule has 2 aromatic rings. The normalized spacial score (nSPS) is 15.8. The molecule has 1 saturated heterocycles. The summed E-state index contributed by atoms with van der Waals surface area (Å²) in [7, 11) is 3.25. The zero-order valence-corrected chi connectivity index (χ0v) is 15.4. The fourth-order valence-corrected chi connectivity index (χ4v) is 3.40. The van der Waals surface area contributed by atoms with E-state index in [-0.39, 0.29) is 11.5 Å². The molecule has 1 N–H and O–H groups in total. The highest BCUT2D eigenvalue weighted by Gasteiger charge is 2.23. The highest BCUT2D eigenvalue weighted by Crippen LogP contribution is 2.28. The molecule has 0 radical (unpaired) electrons. The number of carbonyl (C=O) groups is 2. The highest BCUT2D eigenvalue weighted by atomic mass is 16.5. The van der Waals surface area contributed by atoms with E-state index in [1.807, 2.05) is 36.6 Å². The maximum atomic E-state index is 12.1. The van der Waals surface area contributed by atoms with Crippen LogP contribution in [0, 0.1) is 13.8 Å². The number of likely N-dealkylation sites (tertiary alicyclic amines) is 1. The van der Waals surface area contributed by atoms with Crippen LogP contribution in [0.2, 0.25) is 0 Å². The van der Waals surface area contributed by atoms with Gasteiger partial charge in [0.2, 0.25) is 5.91 Å². The third kappa shape index (κ3) is 2.98. The lowest BCUT2D eigenvalue weighted by Gasteiger charge is -2.12. The Labute approximate surface area is 152 Å². The van der Waals surface area contributed by atoms with E-state index in [4.69, 9.17) is 4.74 Å². The summed E-state index contributed by atoms with van der Waals surface area (Å²) in [4.78, 5) is 25.4. The maximum Gasteiger partial charge on any atom is 0.339 e. The molecule has 0 atom stereocenters. The number of benzene rings is 1. The van der Waals surface area contributed by atoms with Gasteiger partial charge < -0.3 is 19.3 Å². The van der Waals surface area contributed by atoms with Crippen LogP contribution in [0.25, 0.3) is 11.8 Å². The molecule has 1 fully saturated rings. The topological polar surface area (TPSA) is 71.8 Å². The Balaban J connectivity index is 2.07. The summed E-state index contributed by atoms with van der Waals surface area (Å²) in [6.07, 6.45) is 2.68. The molecule has 6 nitrogen and oxygen atoms in total. The number of likely N-dealkylation sites (N-methyl/N-ethyl adjacent to an activating group) is 1. The zero-order valence-electron chi connectivity index (χ0n) is 15.4. The number of ether oxygens (including phenoxy) is 1. The number of carboxylic acid groups (broad SMARTS) is 1. The smallest absolute Gasteiger partial charge is 0.339 e. The van der Waals surface area contributed by atoms with E-state index in [9.17, 15) is 14.7 Å². The Morgan fingerprint density at radius 1 is 1.27 bits per heavy atom. The molecule has 0 saturated carbocycles. The second kappa shape index (κ2) is 6.71. The molecule has 6 heteroatoms. The minimum atomic E-state index is -1.03. The van der Waals surface area contributed by atoms with Crippen LogP contribution in [-0.2, 0) is 4.79 Å². The molecule has 0 unspecified atom stereocenters. The van der Waals surface area contributed by atoms with Crippen molar-refractivity contribution in [2.75, 3.05) is 20.7 Å². The van der Waals surface area contributed by atoms with Crippen molar-refractivity contribution < 1.29 is 19.4 Å². The van der Waals surface area contributed by atoms with Gasteiger partial charge in [0, 0.05) is 36.2 Å². The number of nitrogens with zero attached hydrogens (tertiary/aromatic N) is 2. The molecule has 1 aromatic heterocycles. The Bertz CT molecular complexity index is 924. The van der Waals surface area contributed by atoms with Gasteiger partial charge in [0.25, 0.3) is 0 Å². The predicted molar refractivity (Wildman–Crippen MR) is 99.0 cm³/mol. The molecule has 0 spiro atoms. The molecule has 1 aliphatic heterocycles. The van der Waals surface area contributed by atoms with Crippen molar-refractivity contribution in [3.8, 4) is 11.4 Å². The first kappa shape index (κ1) is 17.8. The highest BCUT2D eigenvalue weighted by molar-refractivity contribution is 5.99. The van der Waals surface area contributed by atoms with Gasteiger partial charge in [-0.25, -0.2) is 4.79 Å². The van der Waals surface area contributed by atoms with E-state index in [1.165, 1.54) is 7.11 Å². The first-order valence-corrected chi connectivity index (χ1v) is 8.40. The van der Waals surface area contributed by atoms with E-state index in [0.29, 0.717) is 5.75 Å². The van der Waals surface area contributed by atoms with Gasteiger partial charge in [-0.1, -0.05) is 0 Å². The molecule has 2 heterocycles. The summed E-state index contributed by atoms with van der Waals surface area (Å²) >= 11 is 0. The number of hydrogen-bond donors (Lipinski definition) is 1. The van der Waals surface area contributed by atoms with Gasteiger partial charge in [-0.15, -0.1) is 0 Å². The van der Waals surface area contributed by atoms with E-state index in [2.05, 4.69) is 0 Å². The van der Waals surface area contributed by atoms with Crippen molar-refractivity contribution >= 4 is 18.0 Å². The number of carbonyl (C=O) groups excluding carboxylic acids is 1. The fourth-order valence-electron chi connectivity index (χ4n) is 3.40. The lowest BCUT2D eigenvalue weighted by atomic mass is 10.1. The monoisotopic (exact) mass is 354 g/mol. The van der Waals surface area contributed by atoms with E-state index in [1.54, 1.807) is 24.1 Å². The molecule has 0 bridgehead atoms. The number of amides is 1. The van der Waals surface area contributed by atoms with Gasteiger partial charge in [0.05, 0.1) is 7.11 Å². The zero-order chi connectivity index (χ0) is 19.0. The molecule has 0 aliphatic carbocycles. The fraction of sp³-hybridized carbons (Fsp3) is 0.300. The molecule has 1 amide bonds. The van der Waals surface area contributed by atoms with Crippen LogP contribution >= 0.6 is 0 Å². The van der Waals surface area contributed by atoms with Crippen molar-refractivity contribution in [2.45, 2.75) is 20.3 Å². The van der Waals surface area contributed by atoms with Crippen molar-refractivity contribution in [1.82, 2.24) is 9.47 Å². The van der Waals surface area contributed by atoms with Crippen LogP contribution in [0.15, 0.2) is 29.8 Å². The van der Waals surface area contributed by atoms with Crippen LogP contribution in [0.3, 0.4) is 0 Å². The summed E-state index contributed by atoms with van der Waals surface area (Å²) in [6, 6.07) is 7.10. The van der Waals surface area contributed by atoms with Gasteiger partial charge in [-0.05, 0) is 56.2 Å². The van der Waals surface area contributed by atoms with Crippen LogP contribution in [0.5, 0.6) is 5.75 Å². The molecule has 26 heavy (non-hydrogen) atoms. The SMILES string of the molecule is COc1ccc(-n2c(C)cc(/C=C3/CCN(C)C3=O)c2C)cc1C(=O)O. The van der Waals surface area contributed by atoms with E-state index >= 15 is 0 Å². The second-order valence-corrected chi connectivity index (χ2v) is 6.50. The number of aromatic nitrogens is 1. The van der Waals surface area contributed by atoms with Crippen molar-refractivity contribution in [2.24, 2.45) is 0 Å². The molecule has 3 rings (SSSR count). The number of aromatic carboxylic acids is 1. The summed E-state index contributed by atoms with van der Waals surface area (Å²) in [5, 5.41) is 9.41. The van der Waals surface area contributed by atoms with Crippen LogP contribution < -0.4 is 4.74 Å². The van der Waals surface area contributed by atoms with Gasteiger partial charge in [0.15, 0.2) is 0 Å². The molecular weight excluding hydrogens is 332 g/mol. The average molecular weight is 354 g/mol. The third-order valence-electron chi connectivity index (χ3n) is 4.81. The Kier molecular flexibility index (Phi) is 4.59. The number of rotatable bonds is 4. The van der Waals surface area contributed by atoms with Crippen molar-refractivity contribution in [3.63, 3.8) is 0 Å². The standard InChI is InChI=1S/C20H22N2O4/c1-12-9-15(10-14-7-8-21(3)19(14)23)13(2)22(12)16-5-6-18(26-4)17(11-16)20(24)25/h5-6,9-11H,7-8H2,1-4H3,(H,24,25)/b14-10-. The maximum absolute atomic E-state index is 12.1. The van der Waals surface area contributed by atoms with Gasteiger partial charge in [-0.2, -0.15) is 0 Å². The second-order valence-electron chi connectivity index (χ2n) is 6.50. The van der Waals surface area contributed by atoms with Gasteiger partial charge in [-0.3, -0.25) is 4.79 Å². The molecule has 1 aliphatic rings. The first-order chi connectivity index (χ1) is 12.3. The van der Waals surface area contributed by atoms with Crippen LogP contribution in [0.1, 0.15) is 33.7 Å². The Hall–Kier alpha value is -3.02. The molecule has 1 aromatic carbocycles. The van der Waals surface area contributed by atoms with Gasteiger partial charge >= 0.3 is 5.97 Å². The van der Waals surface area contributed by atoms with Crippen LogP contribution in [-0.4, -0.2) is 47.2 Å². The number of carboxylic acids is 1. The number of aryl methyl sites for hydroxylation is 1. The predicted octanol–water partition coefficient (Wildman–Crippen LogP) is 3.05. The Morgan fingerprint density at radius 2 is 2.00 bits per heavy atom. The lowest BCUT2D eigenvalue weighted by molar-refractivity contribution is -0.123. The Morgan fingerprint density at radius 3 is 2.58 bits per heavy atom. The lowest BCUT2D eigenvalue weighted by Crippen LogP contribution is -2.18. The molecule has 136 valence electrons. The largest absolute Gasteiger partial charge is 0.496 e. The first-order valence-electron chi connectivity index (χ1n) is 8.40. The van der Waals surface area contributed by atoms with Crippen molar-refractivity contribution in [3.05, 3.63) is 52.4 Å². The summed E-state index contributed by atoms with van der Waals surface area (Å²) in [5.41, 5.74) is 4.55. The summed E-state index contributed by atoms with van der Waals surface area (Å²) in [6.45, 7) is 4.67. The quantitative estimate of drug-likeness (QED) is 0.857. The summed E-state index contributed by atoms with van der Waals surface area (Å²) in [5.74, 6) is -0.647. The number of hydrogen-bond acceptors (Lipinski definition) is 3. The minimum absolute atomic E-state index is 0.0624. The number of methoxy groups -OCH3 is 1. The van der Waals surface area contributed by atoms with E-state index < -0.39 is 5.97 Å². The third-order valence-corrected chi connectivity index (χ3v) is 4.81. The minimum Gasteiger partial charge on any atom is -0.496 e. The van der Waals surface area contributed by atoms with E-state index in [0.717, 1.165) is 41.2 Å². The van der Waals surface area contributed by atoms with Crippen molar-refractivity contribution in [1.29, 1.82) is 0 Å². The molecular formula is C20H22N2O4. The van der Waals surface area contributed by atoms with Crippen LogP contribution in [0.4, 0.5) is 0 Å². The van der Waals surface area contributed by atoms with Gasteiger partial charge in [0.1, 0.15) is 11.3 Å². The summed E-state index contributed by atoms with van der Waals surface area (Å²) < 4.78 is 7.12.